The number of carbonyl (C=O) groups is 1. The van der Waals surface area contributed by atoms with Crippen LogP contribution in [0, 0.1) is 0 Å². The largest absolute Gasteiger partial charge is 0.490 e. The van der Waals surface area contributed by atoms with Gasteiger partial charge in [0.05, 0.1) is 13.2 Å². The van der Waals surface area contributed by atoms with E-state index in [0.717, 1.165) is 49.5 Å². The van der Waals surface area contributed by atoms with Gasteiger partial charge in [0.15, 0.2) is 17.5 Å². The molecule has 8 nitrogen and oxygen atoms in total. The summed E-state index contributed by atoms with van der Waals surface area (Å²) in [6.45, 7) is 11.7. The molecule has 2 aliphatic rings. The summed E-state index contributed by atoms with van der Waals surface area (Å²) in [5, 5.41) is 9.64. The van der Waals surface area contributed by atoms with Crippen molar-refractivity contribution in [3.63, 3.8) is 0 Å². The Morgan fingerprint density at radius 3 is 2.52 bits per heavy atom. The fraction of sp³-hybridized carbons (Fsp3) is 0.667. The molecule has 0 saturated carbocycles. The molecule has 2 aliphatic heterocycles. The molecule has 1 amide bonds. The number of benzene rings is 1. The molecule has 0 bridgehead atoms. The highest BCUT2D eigenvalue weighted by atomic mass is 127. The van der Waals surface area contributed by atoms with E-state index in [1.165, 1.54) is 25.9 Å². The van der Waals surface area contributed by atoms with E-state index in [9.17, 15) is 4.79 Å². The highest BCUT2D eigenvalue weighted by Crippen LogP contribution is 2.32. The van der Waals surface area contributed by atoms with Gasteiger partial charge in [0.2, 0.25) is 5.91 Å². The molecule has 2 heterocycles. The third-order valence-electron chi connectivity index (χ3n) is 5.30. The molecule has 9 heteroatoms. The molecule has 0 aromatic heterocycles. The summed E-state index contributed by atoms with van der Waals surface area (Å²) in [5.41, 5.74) is 0.561. The molecule has 33 heavy (non-hydrogen) atoms. The molecule has 1 saturated heterocycles. The number of hydrogen-bond donors (Lipinski definition) is 3. The van der Waals surface area contributed by atoms with Gasteiger partial charge in [0, 0.05) is 30.3 Å². The number of nitrogens with zero attached hydrogens (tertiary/aromatic N) is 2. The molecular weight excluding hydrogens is 533 g/mol. The van der Waals surface area contributed by atoms with Crippen LogP contribution in [0.5, 0.6) is 11.5 Å². The van der Waals surface area contributed by atoms with Gasteiger partial charge in [0.25, 0.3) is 0 Å². The van der Waals surface area contributed by atoms with Gasteiger partial charge < -0.3 is 30.3 Å². The molecular formula is C24H40IN5O3. The van der Waals surface area contributed by atoms with Crippen molar-refractivity contribution in [1.82, 2.24) is 15.5 Å². The molecule has 0 unspecified atom stereocenters. The van der Waals surface area contributed by atoms with E-state index in [1.54, 1.807) is 0 Å². The average molecular weight is 574 g/mol. The zero-order valence-electron chi connectivity index (χ0n) is 20.2. The van der Waals surface area contributed by atoms with Crippen molar-refractivity contribution < 1.29 is 14.3 Å². The average Bonchev–Trinajstić information content (AvgIpc) is 3.14. The molecule has 186 valence electrons. The highest BCUT2D eigenvalue weighted by Gasteiger charge is 2.15. The van der Waals surface area contributed by atoms with Crippen molar-refractivity contribution in [3.05, 3.63) is 18.2 Å². The van der Waals surface area contributed by atoms with Crippen LogP contribution in [0.1, 0.15) is 52.9 Å². The number of rotatable bonds is 8. The van der Waals surface area contributed by atoms with Gasteiger partial charge in [-0.3, -0.25) is 4.79 Å². The summed E-state index contributed by atoms with van der Waals surface area (Å²) in [6, 6.07) is 5.76. The number of ether oxygens (including phenoxy) is 2. The van der Waals surface area contributed by atoms with Crippen molar-refractivity contribution in [2.24, 2.45) is 4.99 Å². The predicted molar refractivity (Wildman–Crippen MR) is 144 cm³/mol. The van der Waals surface area contributed by atoms with Crippen molar-refractivity contribution in [3.8, 4) is 11.5 Å². The van der Waals surface area contributed by atoms with E-state index in [1.807, 2.05) is 39.0 Å². The van der Waals surface area contributed by atoms with E-state index in [-0.39, 0.29) is 42.0 Å². The first-order chi connectivity index (χ1) is 15.4. The Morgan fingerprint density at radius 2 is 1.79 bits per heavy atom. The van der Waals surface area contributed by atoms with Gasteiger partial charge in [0.1, 0.15) is 6.54 Å². The fourth-order valence-electron chi connectivity index (χ4n) is 3.80. The molecule has 1 aromatic rings. The van der Waals surface area contributed by atoms with Gasteiger partial charge in [-0.1, -0.05) is 0 Å². The quantitative estimate of drug-likeness (QED) is 0.191. The molecule has 3 N–H and O–H groups in total. The number of amides is 1. The van der Waals surface area contributed by atoms with Crippen LogP contribution in [0.25, 0.3) is 0 Å². The van der Waals surface area contributed by atoms with Crippen LogP contribution in [0.4, 0.5) is 5.69 Å². The summed E-state index contributed by atoms with van der Waals surface area (Å²) in [7, 11) is 0. The Morgan fingerprint density at radius 1 is 1.06 bits per heavy atom. The number of guanidine groups is 1. The molecule has 0 atom stereocenters. The summed E-state index contributed by atoms with van der Waals surface area (Å²) < 4.78 is 11.5. The number of fused-ring (bicyclic) bond motifs is 1. The molecule has 0 radical (unpaired) electrons. The van der Waals surface area contributed by atoms with Crippen LogP contribution in [-0.4, -0.2) is 68.2 Å². The van der Waals surface area contributed by atoms with Gasteiger partial charge in [-0.15, -0.1) is 24.0 Å². The maximum Gasteiger partial charge on any atom is 0.242 e. The van der Waals surface area contributed by atoms with E-state index in [2.05, 4.69) is 25.8 Å². The summed E-state index contributed by atoms with van der Waals surface area (Å²) in [5.74, 6) is 1.96. The highest BCUT2D eigenvalue weighted by molar-refractivity contribution is 14.0. The summed E-state index contributed by atoms with van der Waals surface area (Å²) in [6.07, 6.45) is 5.71. The smallest absolute Gasteiger partial charge is 0.242 e. The summed E-state index contributed by atoms with van der Waals surface area (Å²) >= 11 is 0. The van der Waals surface area contributed by atoms with Crippen molar-refractivity contribution in [2.75, 3.05) is 51.3 Å². The zero-order valence-corrected chi connectivity index (χ0v) is 22.6. The fourth-order valence-corrected chi connectivity index (χ4v) is 3.80. The molecule has 0 aliphatic carbocycles. The first-order valence-electron chi connectivity index (χ1n) is 11.9. The lowest BCUT2D eigenvalue weighted by atomic mass is 10.1. The maximum atomic E-state index is 12.3. The van der Waals surface area contributed by atoms with E-state index < -0.39 is 0 Å². The second kappa shape index (κ2) is 13.8. The second-order valence-electron chi connectivity index (χ2n) is 9.48. The first kappa shape index (κ1) is 27.5. The van der Waals surface area contributed by atoms with Crippen molar-refractivity contribution in [2.45, 2.75) is 58.4 Å². The standard InChI is InChI=1S/C24H39N5O3.HI/c1-24(2,3)28-22(30)18-26-23(25-11-4-5-12-29-13-6-7-14-29)27-19-9-10-20-21(17-19)32-16-8-15-31-20;/h9-10,17H,4-8,11-16,18H2,1-3H3,(H,28,30)(H2,25,26,27);1H. The summed E-state index contributed by atoms with van der Waals surface area (Å²) in [4.78, 5) is 19.3. The number of halogens is 1. The van der Waals surface area contributed by atoms with Crippen LogP contribution >= 0.6 is 24.0 Å². The molecule has 1 aromatic carbocycles. The van der Waals surface area contributed by atoms with Gasteiger partial charge >= 0.3 is 0 Å². The topological polar surface area (TPSA) is 87.2 Å². The molecule has 0 spiro atoms. The first-order valence-corrected chi connectivity index (χ1v) is 11.9. The number of anilines is 1. The number of unbranched alkanes of at least 4 members (excludes halogenated alkanes) is 1. The minimum Gasteiger partial charge on any atom is -0.490 e. The minimum absolute atomic E-state index is 0. The monoisotopic (exact) mass is 573 g/mol. The molecule has 3 rings (SSSR count). The number of hydrogen-bond acceptors (Lipinski definition) is 5. The Bertz CT molecular complexity index is 776. The zero-order chi connectivity index (χ0) is 22.8. The van der Waals surface area contributed by atoms with E-state index in [0.29, 0.717) is 19.2 Å². The predicted octanol–water partition coefficient (Wildman–Crippen LogP) is 3.61. The van der Waals surface area contributed by atoms with Crippen LogP contribution in [0.3, 0.4) is 0 Å². The second-order valence-corrected chi connectivity index (χ2v) is 9.48. The number of aliphatic imine (C=N–C) groups is 1. The number of nitrogens with one attached hydrogen (secondary N) is 3. The van der Waals surface area contributed by atoms with Gasteiger partial charge in [-0.05, 0) is 78.2 Å². The third kappa shape index (κ3) is 10.4. The SMILES string of the molecule is CC(C)(C)NC(=O)CN=C(NCCCCN1CCCC1)Nc1ccc2c(c1)OCCCO2.I. The van der Waals surface area contributed by atoms with Crippen molar-refractivity contribution >= 4 is 41.5 Å². The molecule has 1 fully saturated rings. The van der Waals surface area contributed by atoms with E-state index >= 15 is 0 Å². The van der Waals surface area contributed by atoms with Gasteiger partial charge in [-0.25, -0.2) is 4.99 Å². The normalized spacial score (nSPS) is 16.5. The minimum atomic E-state index is -0.280. The third-order valence-corrected chi connectivity index (χ3v) is 5.30. The van der Waals surface area contributed by atoms with Crippen molar-refractivity contribution in [1.29, 1.82) is 0 Å². The number of likely N-dealkylation sites (tertiary alicyclic amines) is 1. The Labute approximate surface area is 215 Å². The Kier molecular flexibility index (Phi) is 11.5. The lowest BCUT2D eigenvalue weighted by Gasteiger charge is -2.20. The van der Waals surface area contributed by atoms with Gasteiger partial charge in [-0.2, -0.15) is 0 Å². The number of carbonyl (C=O) groups excluding carboxylic acids is 1. The van der Waals surface area contributed by atoms with Crippen LogP contribution in [0.15, 0.2) is 23.2 Å². The lowest BCUT2D eigenvalue weighted by Crippen LogP contribution is -2.42. The Hall–Kier alpha value is -1.75. The Balaban J connectivity index is 0.00000385. The maximum absolute atomic E-state index is 12.3. The van der Waals surface area contributed by atoms with Crippen LogP contribution in [0.2, 0.25) is 0 Å². The van der Waals surface area contributed by atoms with Crippen LogP contribution in [-0.2, 0) is 4.79 Å². The van der Waals surface area contributed by atoms with Crippen LogP contribution < -0.4 is 25.4 Å². The van der Waals surface area contributed by atoms with E-state index in [4.69, 9.17) is 9.47 Å². The lowest BCUT2D eigenvalue weighted by molar-refractivity contribution is -0.121.